The molecular weight excluding hydrogens is 262 g/mol. The van der Waals surface area contributed by atoms with Crippen molar-refractivity contribution in [1.82, 2.24) is 4.98 Å². The first kappa shape index (κ1) is 13.1. The van der Waals surface area contributed by atoms with Gasteiger partial charge in [0.1, 0.15) is 4.90 Å². The first-order valence-electron chi connectivity index (χ1n) is 5.45. The molecule has 0 aliphatic rings. The van der Waals surface area contributed by atoms with Gasteiger partial charge in [0.25, 0.3) is 10.0 Å². The monoisotopic (exact) mass is 273 g/mol. The molecule has 0 amide bonds. The summed E-state index contributed by atoms with van der Waals surface area (Å²) in [4.78, 5) is 3.93. The second-order valence-electron chi connectivity index (χ2n) is 3.82. The van der Waals surface area contributed by atoms with Crippen molar-refractivity contribution in [1.29, 1.82) is 5.26 Å². The Balaban J connectivity index is 2.38. The van der Waals surface area contributed by atoms with Gasteiger partial charge in [-0.05, 0) is 36.4 Å². The molecule has 0 spiro atoms. The molecule has 0 atom stereocenters. The molecule has 1 heterocycles. The second kappa shape index (κ2) is 5.08. The van der Waals surface area contributed by atoms with Gasteiger partial charge in [0.05, 0.1) is 17.3 Å². The average molecular weight is 273 g/mol. The summed E-state index contributed by atoms with van der Waals surface area (Å²) in [6.45, 7) is 0. The summed E-state index contributed by atoms with van der Waals surface area (Å²) in [5, 5.41) is 8.71. The molecule has 0 saturated carbocycles. The Morgan fingerprint density at radius 3 is 2.42 bits per heavy atom. The van der Waals surface area contributed by atoms with Crippen LogP contribution < -0.4 is 4.31 Å². The highest BCUT2D eigenvalue weighted by Crippen LogP contribution is 2.21. The van der Waals surface area contributed by atoms with E-state index in [9.17, 15) is 8.42 Å². The number of sulfonamides is 1. The molecule has 6 heteroatoms. The lowest BCUT2D eigenvalue weighted by atomic mass is 10.2. The molecule has 0 N–H and O–H groups in total. The van der Waals surface area contributed by atoms with Crippen molar-refractivity contribution < 1.29 is 8.42 Å². The molecule has 96 valence electrons. The number of nitriles is 1. The van der Waals surface area contributed by atoms with Gasteiger partial charge < -0.3 is 0 Å². The third kappa shape index (κ3) is 2.56. The summed E-state index contributed by atoms with van der Waals surface area (Å²) < 4.78 is 25.8. The van der Waals surface area contributed by atoms with Gasteiger partial charge in [0.2, 0.25) is 0 Å². The van der Waals surface area contributed by atoms with Gasteiger partial charge >= 0.3 is 0 Å². The van der Waals surface area contributed by atoms with Crippen LogP contribution in [0.5, 0.6) is 0 Å². The number of rotatable bonds is 3. The van der Waals surface area contributed by atoms with E-state index in [1.54, 1.807) is 30.3 Å². The van der Waals surface area contributed by atoms with Gasteiger partial charge in [0.15, 0.2) is 0 Å². The predicted octanol–water partition coefficient (Wildman–Crippen LogP) is 1.78. The van der Waals surface area contributed by atoms with Crippen LogP contribution in [0.15, 0.2) is 53.7 Å². The van der Waals surface area contributed by atoms with Gasteiger partial charge in [-0.25, -0.2) is 8.42 Å². The number of benzene rings is 1. The normalized spacial score (nSPS) is 10.7. The van der Waals surface area contributed by atoms with Crippen LogP contribution in [0.3, 0.4) is 0 Å². The lowest BCUT2D eigenvalue weighted by Crippen LogP contribution is -2.26. The summed E-state index contributed by atoms with van der Waals surface area (Å²) in [6, 6.07) is 11.4. The van der Waals surface area contributed by atoms with Crippen LogP contribution in [0, 0.1) is 11.3 Å². The molecule has 19 heavy (non-hydrogen) atoms. The molecule has 0 radical (unpaired) electrons. The van der Waals surface area contributed by atoms with E-state index in [0.717, 1.165) is 4.31 Å². The molecule has 0 fully saturated rings. The highest BCUT2D eigenvalue weighted by molar-refractivity contribution is 7.92. The van der Waals surface area contributed by atoms with Gasteiger partial charge in [-0.3, -0.25) is 9.29 Å². The van der Waals surface area contributed by atoms with Crippen LogP contribution in [0.2, 0.25) is 0 Å². The van der Waals surface area contributed by atoms with E-state index in [2.05, 4.69) is 4.98 Å². The number of hydrogen-bond acceptors (Lipinski definition) is 4. The average Bonchev–Trinajstić information content (AvgIpc) is 2.47. The number of anilines is 1. The predicted molar refractivity (Wildman–Crippen MR) is 71.0 cm³/mol. The summed E-state index contributed by atoms with van der Waals surface area (Å²) in [6.07, 6.45) is 2.82. The Kier molecular flexibility index (Phi) is 3.49. The summed E-state index contributed by atoms with van der Waals surface area (Å²) >= 11 is 0. The fraction of sp³-hybridized carbons (Fsp3) is 0.0769. The SMILES string of the molecule is CN(c1ccc(C#N)cc1)S(=O)(=O)c1cccnc1. The number of hydrogen-bond donors (Lipinski definition) is 0. The zero-order valence-electron chi connectivity index (χ0n) is 10.2. The van der Waals surface area contributed by atoms with Crippen molar-refractivity contribution in [3.63, 3.8) is 0 Å². The van der Waals surface area contributed by atoms with E-state index in [1.165, 1.54) is 25.5 Å². The third-order valence-corrected chi connectivity index (χ3v) is 4.42. The zero-order chi connectivity index (χ0) is 13.9. The Bertz CT molecular complexity index is 704. The van der Waals surface area contributed by atoms with Crippen molar-refractivity contribution in [3.8, 4) is 6.07 Å². The largest absolute Gasteiger partial charge is 0.269 e. The minimum atomic E-state index is -3.62. The van der Waals surface area contributed by atoms with E-state index in [-0.39, 0.29) is 4.90 Å². The van der Waals surface area contributed by atoms with Crippen LogP contribution in [0.25, 0.3) is 0 Å². The van der Waals surface area contributed by atoms with Gasteiger partial charge in [-0.1, -0.05) is 0 Å². The topological polar surface area (TPSA) is 74.1 Å². The molecule has 1 aromatic carbocycles. The van der Waals surface area contributed by atoms with E-state index in [0.29, 0.717) is 11.3 Å². The summed E-state index contributed by atoms with van der Waals surface area (Å²) in [5.41, 5.74) is 0.971. The van der Waals surface area contributed by atoms with Gasteiger partial charge in [-0.2, -0.15) is 5.26 Å². The highest BCUT2D eigenvalue weighted by atomic mass is 32.2. The number of nitrogens with zero attached hydrogens (tertiary/aromatic N) is 3. The fourth-order valence-corrected chi connectivity index (χ4v) is 2.70. The number of pyridine rings is 1. The molecule has 0 aliphatic heterocycles. The van der Waals surface area contributed by atoms with Crippen molar-refractivity contribution in [2.24, 2.45) is 0 Å². The Hall–Kier alpha value is -2.39. The van der Waals surface area contributed by atoms with Crippen molar-refractivity contribution in [2.45, 2.75) is 4.90 Å². The lowest BCUT2D eigenvalue weighted by molar-refractivity contribution is 0.594. The maximum absolute atomic E-state index is 12.3. The van der Waals surface area contributed by atoms with E-state index >= 15 is 0 Å². The van der Waals surface area contributed by atoms with Crippen molar-refractivity contribution >= 4 is 15.7 Å². The highest BCUT2D eigenvalue weighted by Gasteiger charge is 2.21. The first-order chi connectivity index (χ1) is 9.05. The van der Waals surface area contributed by atoms with E-state index in [4.69, 9.17) is 5.26 Å². The molecule has 1 aromatic heterocycles. The zero-order valence-corrected chi connectivity index (χ0v) is 11.0. The molecule has 2 aromatic rings. The summed E-state index contributed by atoms with van der Waals surface area (Å²) in [5.74, 6) is 0. The Labute approximate surface area is 111 Å². The quantitative estimate of drug-likeness (QED) is 0.854. The standard InChI is InChI=1S/C13H11N3O2S/c1-16(12-6-4-11(9-14)5-7-12)19(17,18)13-3-2-8-15-10-13/h2-8,10H,1H3. The third-order valence-electron chi connectivity index (χ3n) is 2.65. The molecule has 2 rings (SSSR count). The van der Waals surface area contributed by atoms with Crippen LogP contribution in [-0.4, -0.2) is 20.4 Å². The van der Waals surface area contributed by atoms with E-state index < -0.39 is 10.0 Å². The van der Waals surface area contributed by atoms with Gasteiger partial charge in [-0.15, -0.1) is 0 Å². The van der Waals surface area contributed by atoms with Crippen LogP contribution >= 0.6 is 0 Å². The van der Waals surface area contributed by atoms with Crippen LogP contribution in [0.1, 0.15) is 5.56 Å². The van der Waals surface area contributed by atoms with E-state index in [1.807, 2.05) is 6.07 Å². The minimum Gasteiger partial charge on any atom is -0.269 e. The second-order valence-corrected chi connectivity index (χ2v) is 5.79. The Morgan fingerprint density at radius 1 is 1.21 bits per heavy atom. The van der Waals surface area contributed by atoms with Crippen LogP contribution in [-0.2, 0) is 10.0 Å². The smallest absolute Gasteiger partial charge is 0.265 e. The van der Waals surface area contributed by atoms with Crippen molar-refractivity contribution in [3.05, 3.63) is 54.4 Å². The summed E-state index contributed by atoms with van der Waals surface area (Å²) in [7, 11) is -2.16. The number of aromatic nitrogens is 1. The maximum atomic E-state index is 12.3. The molecule has 0 saturated heterocycles. The van der Waals surface area contributed by atoms with Crippen LogP contribution in [0.4, 0.5) is 5.69 Å². The molecular formula is C13H11N3O2S. The minimum absolute atomic E-state index is 0.127. The Morgan fingerprint density at radius 2 is 1.89 bits per heavy atom. The molecule has 0 unspecified atom stereocenters. The van der Waals surface area contributed by atoms with Gasteiger partial charge in [0, 0.05) is 19.4 Å². The van der Waals surface area contributed by atoms with Crippen molar-refractivity contribution in [2.75, 3.05) is 11.4 Å². The molecule has 0 bridgehead atoms. The first-order valence-corrected chi connectivity index (χ1v) is 6.89. The molecule has 0 aliphatic carbocycles. The maximum Gasteiger partial charge on any atom is 0.265 e. The fourth-order valence-electron chi connectivity index (χ4n) is 1.54. The molecule has 5 nitrogen and oxygen atoms in total. The lowest BCUT2D eigenvalue weighted by Gasteiger charge is -2.19.